The molecule has 0 spiro atoms. The van der Waals surface area contributed by atoms with Crippen LogP contribution >= 0.6 is 15.9 Å². The summed E-state index contributed by atoms with van der Waals surface area (Å²) in [5.74, 6) is 15.1. The van der Waals surface area contributed by atoms with Gasteiger partial charge in [-0.05, 0) is 36.1 Å². The standard InChI is InChI=1S/C8H4BrN3/c1-2-3-4-5-6-7-8(9)11-12-10/h8H,1H3. The van der Waals surface area contributed by atoms with Crippen LogP contribution in [0.1, 0.15) is 6.92 Å². The minimum Gasteiger partial charge on any atom is -0.0925 e. The SMILES string of the molecule is CC#CC#CC#CC(Br)N=[N+]=[N-]. The zero-order valence-electron chi connectivity index (χ0n) is 6.30. The Morgan fingerprint density at radius 3 is 2.58 bits per heavy atom. The largest absolute Gasteiger partial charge is 0.155 e. The molecule has 4 heteroatoms. The molecule has 0 bridgehead atoms. The van der Waals surface area contributed by atoms with Gasteiger partial charge in [0.05, 0.1) is 0 Å². The van der Waals surface area contributed by atoms with Crippen LogP contribution in [-0.2, 0) is 0 Å². The molecule has 1 atom stereocenters. The van der Waals surface area contributed by atoms with E-state index in [1.807, 2.05) is 0 Å². The van der Waals surface area contributed by atoms with Gasteiger partial charge in [-0.25, -0.2) is 0 Å². The van der Waals surface area contributed by atoms with Crippen molar-refractivity contribution in [1.82, 2.24) is 0 Å². The first-order valence-electron chi connectivity index (χ1n) is 2.92. The molecule has 0 saturated heterocycles. The van der Waals surface area contributed by atoms with Crippen LogP contribution in [0.4, 0.5) is 0 Å². The monoisotopic (exact) mass is 221 g/mol. The molecule has 0 N–H and O–H groups in total. The van der Waals surface area contributed by atoms with Crippen molar-refractivity contribution in [3.63, 3.8) is 0 Å². The summed E-state index contributed by atoms with van der Waals surface area (Å²) in [6.45, 7) is 1.69. The van der Waals surface area contributed by atoms with E-state index >= 15 is 0 Å². The van der Waals surface area contributed by atoms with Gasteiger partial charge in [0.2, 0.25) is 0 Å². The van der Waals surface area contributed by atoms with E-state index in [9.17, 15) is 0 Å². The molecule has 0 heterocycles. The summed E-state index contributed by atoms with van der Waals surface area (Å²) < 4.78 is 0. The smallest absolute Gasteiger partial charge is 0.0925 e. The van der Waals surface area contributed by atoms with Crippen molar-refractivity contribution in [3.05, 3.63) is 10.4 Å². The molecular formula is C8H4BrN3. The summed E-state index contributed by atoms with van der Waals surface area (Å²) >= 11 is 3.01. The highest BCUT2D eigenvalue weighted by molar-refractivity contribution is 9.09. The first kappa shape index (κ1) is 10.5. The van der Waals surface area contributed by atoms with Crippen molar-refractivity contribution >= 4 is 15.9 Å². The second-order valence-corrected chi connectivity index (χ2v) is 2.30. The summed E-state index contributed by atoms with van der Waals surface area (Å²) in [5.41, 5.74) is 7.98. The van der Waals surface area contributed by atoms with Crippen LogP contribution in [0.15, 0.2) is 5.11 Å². The molecule has 0 radical (unpaired) electrons. The number of halogens is 1. The van der Waals surface area contributed by atoms with Gasteiger partial charge in [0.25, 0.3) is 0 Å². The first-order chi connectivity index (χ1) is 5.81. The van der Waals surface area contributed by atoms with Gasteiger partial charge in [-0.2, -0.15) is 0 Å². The lowest BCUT2D eigenvalue weighted by Crippen LogP contribution is -1.81. The van der Waals surface area contributed by atoms with Gasteiger partial charge in [-0.15, -0.1) is 0 Å². The fourth-order valence-electron chi connectivity index (χ4n) is 0.295. The third kappa shape index (κ3) is 6.59. The second-order valence-electron chi connectivity index (χ2n) is 1.44. The Morgan fingerprint density at radius 2 is 2.00 bits per heavy atom. The van der Waals surface area contributed by atoms with Crippen molar-refractivity contribution in [1.29, 1.82) is 0 Å². The summed E-state index contributed by atoms with van der Waals surface area (Å²) in [6, 6.07) is 0. The van der Waals surface area contributed by atoms with Crippen LogP contribution in [0.25, 0.3) is 10.4 Å². The van der Waals surface area contributed by atoms with Gasteiger partial charge in [-0.1, -0.05) is 32.9 Å². The molecule has 0 rings (SSSR count). The number of rotatable bonds is 1. The lowest BCUT2D eigenvalue weighted by molar-refractivity contribution is 1.19. The highest BCUT2D eigenvalue weighted by Gasteiger charge is 1.88. The lowest BCUT2D eigenvalue weighted by Gasteiger charge is -1.81. The second kappa shape index (κ2) is 7.58. The molecule has 0 amide bonds. The fraction of sp³-hybridized carbons (Fsp3) is 0.250. The van der Waals surface area contributed by atoms with Crippen molar-refractivity contribution < 1.29 is 0 Å². The zero-order chi connectivity index (χ0) is 9.23. The number of hydrogen-bond donors (Lipinski definition) is 0. The van der Waals surface area contributed by atoms with Gasteiger partial charge in [-0.3, -0.25) is 0 Å². The van der Waals surface area contributed by atoms with Crippen LogP contribution in [0.3, 0.4) is 0 Å². The molecule has 0 saturated carbocycles. The summed E-state index contributed by atoms with van der Waals surface area (Å²) in [5, 5.41) is 3.26. The molecule has 0 aromatic rings. The van der Waals surface area contributed by atoms with E-state index in [4.69, 9.17) is 5.53 Å². The molecule has 12 heavy (non-hydrogen) atoms. The molecule has 0 aromatic heterocycles. The van der Waals surface area contributed by atoms with Gasteiger partial charge in [0.1, 0.15) is 0 Å². The van der Waals surface area contributed by atoms with Gasteiger partial charge >= 0.3 is 0 Å². The zero-order valence-corrected chi connectivity index (χ0v) is 7.88. The molecular weight excluding hydrogens is 218 g/mol. The summed E-state index contributed by atoms with van der Waals surface area (Å²) in [6.07, 6.45) is 0. The average molecular weight is 222 g/mol. The summed E-state index contributed by atoms with van der Waals surface area (Å²) in [7, 11) is 0. The maximum atomic E-state index is 7.98. The Balaban J connectivity index is 4.13. The highest BCUT2D eigenvalue weighted by Crippen LogP contribution is 1.97. The van der Waals surface area contributed by atoms with E-state index in [-0.39, 0.29) is 0 Å². The van der Waals surface area contributed by atoms with Crippen molar-refractivity contribution in [2.24, 2.45) is 5.11 Å². The molecule has 58 valence electrons. The van der Waals surface area contributed by atoms with Crippen molar-refractivity contribution in [2.45, 2.75) is 11.9 Å². The maximum absolute atomic E-state index is 7.98. The van der Waals surface area contributed by atoms with E-state index in [0.717, 1.165) is 0 Å². The summed E-state index contributed by atoms with van der Waals surface area (Å²) in [4.78, 5) is 2.03. The minimum absolute atomic E-state index is 0.522. The Kier molecular flexibility index (Phi) is 6.61. The predicted octanol–water partition coefficient (Wildman–Crippen LogP) is 2.05. The quantitative estimate of drug-likeness (QED) is 0.163. The van der Waals surface area contributed by atoms with Crippen LogP contribution in [0, 0.1) is 35.5 Å². The van der Waals surface area contributed by atoms with E-state index in [1.165, 1.54) is 0 Å². The molecule has 0 aromatic carbocycles. The number of azide groups is 1. The van der Waals surface area contributed by atoms with Gasteiger partial charge < -0.3 is 0 Å². The average Bonchev–Trinajstić information content (AvgIpc) is 2.05. The number of nitrogens with zero attached hydrogens (tertiary/aromatic N) is 3. The molecule has 0 fully saturated rings. The molecule has 0 aliphatic rings. The van der Waals surface area contributed by atoms with Crippen LogP contribution in [0.5, 0.6) is 0 Å². The van der Waals surface area contributed by atoms with E-state index in [2.05, 4.69) is 61.5 Å². The highest BCUT2D eigenvalue weighted by atomic mass is 79.9. The fourth-order valence-corrected chi connectivity index (χ4v) is 0.491. The van der Waals surface area contributed by atoms with E-state index < -0.39 is 4.95 Å². The Labute approximate surface area is 79.3 Å². The van der Waals surface area contributed by atoms with Gasteiger partial charge in [0, 0.05) is 4.91 Å². The Bertz CT molecular complexity index is 360. The molecule has 3 nitrogen and oxygen atoms in total. The molecule has 0 aliphatic carbocycles. The predicted molar refractivity (Wildman–Crippen MR) is 50.9 cm³/mol. The van der Waals surface area contributed by atoms with E-state index in [1.54, 1.807) is 6.92 Å². The number of alkyl halides is 1. The lowest BCUT2D eigenvalue weighted by atomic mass is 10.5. The first-order valence-corrected chi connectivity index (χ1v) is 3.83. The van der Waals surface area contributed by atoms with Crippen LogP contribution in [0.2, 0.25) is 0 Å². The van der Waals surface area contributed by atoms with Crippen molar-refractivity contribution in [2.75, 3.05) is 0 Å². The topological polar surface area (TPSA) is 48.8 Å². The van der Waals surface area contributed by atoms with Crippen LogP contribution in [-0.4, -0.2) is 4.95 Å². The Hall–Kier alpha value is -1.53. The molecule has 1 unspecified atom stereocenters. The number of hydrogen-bond acceptors (Lipinski definition) is 1. The Morgan fingerprint density at radius 1 is 1.33 bits per heavy atom. The minimum atomic E-state index is -0.522. The molecule has 0 aliphatic heterocycles. The normalized spacial score (nSPS) is 8.17. The third-order valence-corrected chi connectivity index (χ3v) is 1.07. The van der Waals surface area contributed by atoms with Crippen LogP contribution < -0.4 is 0 Å². The van der Waals surface area contributed by atoms with E-state index in [0.29, 0.717) is 0 Å². The maximum Gasteiger partial charge on any atom is 0.155 e. The van der Waals surface area contributed by atoms with Gasteiger partial charge in [0.15, 0.2) is 4.95 Å². The third-order valence-electron chi connectivity index (χ3n) is 0.657. The van der Waals surface area contributed by atoms with Crippen molar-refractivity contribution in [3.8, 4) is 35.5 Å².